The minimum absolute atomic E-state index is 0.0348. The summed E-state index contributed by atoms with van der Waals surface area (Å²) in [6, 6.07) is 0. The minimum atomic E-state index is -0.280. The van der Waals surface area contributed by atoms with Crippen LogP contribution in [0.25, 0.3) is 0 Å². The maximum atomic E-state index is 10.7. The number of hydrogen-bond acceptors (Lipinski definition) is 3. The van der Waals surface area contributed by atoms with Gasteiger partial charge in [0.05, 0.1) is 13.5 Å². The van der Waals surface area contributed by atoms with Gasteiger partial charge in [0.1, 0.15) is 5.78 Å². The van der Waals surface area contributed by atoms with E-state index in [0.29, 0.717) is 6.42 Å². The molecule has 0 bridgehead atoms. The molecule has 0 spiro atoms. The van der Waals surface area contributed by atoms with Crippen molar-refractivity contribution in [2.45, 2.75) is 19.3 Å². The van der Waals surface area contributed by atoms with Crippen LogP contribution < -0.4 is 0 Å². The fraction of sp³-hybridized carbons (Fsp3) is 0.714. The smallest absolute Gasteiger partial charge is 0.306 e. The number of rotatable bonds is 2. The topological polar surface area (TPSA) is 43.4 Å². The first-order valence-corrected chi connectivity index (χ1v) is 3.33. The Balaban J connectivity index is 2.25. The van der Waals surface area contributed by atoms with Crippen molar-refractivity contribution in [2.24, 2.45) is 5.92 Å². The van der Waals surface area contributed by atoms with Crippen molar-refractivity contribution in [1.82, 2.24) is 0 Å². The predicted molar refractivity (Wildman–Crippen MR) is 34.4 cm³/mol. The van der Waals surface area contributed by atoms with Gasteiger partial charge in [-0.15, -0.1) is 0 Å². The highest BCUT2D eigenvalue weighted by Gasteiger charge is 2.30. The van der Waals surface area contributed by atoms with E-state index in [2.05, 4.69) is 4.74 Å². The molecule has 0 radical (unpaired) electrons. The highest BCUT2D eigenvalue weighted by Crippen LogP contribution is 2.25. The van der Waals surface area contributed by atoms with E-state index in [1.807, 2.05) is 0 Å². The van der Waals surface area contributed by atoms with Gasteiger partial charge in [-0.25, -0.2) is 0 Å². The first-order chi connectivity index (χ1) is 4.74. The summed E-state index contributed by atoms with van der Waals surface area (Å²) in [5.41, 5.74) is 0. The molecule has 0 aromatic rings. The second-order valence-electron chi connectivity index (χ2n) is 2.48. The third kappa shape index (κ3) is 1.35. The van der Waals surface area contributed by atoms with Crippen molar-refractivity contribution < 1.29 is 14.3 Å². The lowest BCUT2D eigenvalue weighted by Gasteiger charge is -2.21. The third-order valence-electron chi connectivity index (χ3n) is 1.84. The lowest BCUT2D eigenvalue weighted by atomic mass is 9.81. The monoisotopic (exact) mass is 142 g/mol. The zero-order valence-electron chi connectivity index (χ0n) is 5.92. The van der Waals surface area contributed by atoms with Gasteiger partial charge in [0.15, 0.2) is 0 Å². The first kappa shape index (κ1) is 7.25. The number of ether oxygens (including phenoxy) is 1. The Morgan fingerprint density at radius 1 is 1.80 bits per heavy atom. The van der Waals surface area contributed by atoms with E-state index in [1.54, 1.807) is 0 Å². The standard InChI is InChI=1S/C7H10O3/c1-10-7(9)4-5-2-3-6(5)8/h5H,2-4H2,1H3. The zero-order chi connectivity index (χ0) is 7.56. The van der Waals surface area contributed by atoms with Gasteiger partial charge < -0.3 is 4.74 Å². The molecule has 0 heterocycles. The lowest BCUT2D eigenvalue weighted by molar-refractivity contribution is -0.146. The molecule has 1 fully saturated rings. The molecule has 1 saturated carbocycles. The molecular weight excluding hydrogens is 132 g/mol. The van der Waals surface area contributed by atoms with Crippen molar-refractivity contribution in [1.29, 1.82) is 0 Å². The number of Topliss-reactive ketones (excluding diaryl/α,β-unsaturated/α-hetero) is 1. The van der Waals surface area contributed by atoms with E-state index < -0.39 is 0 Å². The molecule has 0 aromatic heterocycles. The van der Waals surface area contributed by atoms with Crippen LogP contribution in [0.2, 0.25) is 0 Å². The number of carbonyl (C=O) groups is 2. The summed E-state index contributed by atoms with van der Waals surface area (Å²) in [5.74, 6) is -0.115. The fourth-order valence-electron chi connectivity index (χ4n) is 0.967. The van der Waals surface area contributed by atoms with E-state index in [0.717, 1.165) is 6.42 Å². The predicted octanol–water partition coefficient (Wildman–Crippen LogP) is 0.529. The third-order valence-corrected chi connectivity index (χ3v) is 1.84. The van der Waals surface area contributed by atoms with Gasteiger partial charge in [-0.1, -0.05) is 0 Å². The molecule has 3 nitrogen and oxygen atoms in total. The van der Waals surface area contributed by atoms with Crippen LogP contribution in [0, 0.1) is 5.92 Å². The van der Waals surface area contributed by atoms with Crippen molar-refractivity contribution in [3.8, 4) is 0 Å². The van der Waals surface area contributed by atoms with Crippen molar-refractivity contribution in [2.75, 3.05) is 7.11 Å². The number of carbonyl (C=O) groups excluding carboxylic acids is 2. The molecular formula is C7H10O3. The van der Waals surface area contributed by atoms with Crippen LogP contribution in [0.15, 0.2) is 0 Å². The van der Waals surface area contributed by atoms with Gasteiger partial charge >= 0.3 is 5.97 Å². The highest BCUT2D eigenvalue weighted by molar-refractivity contribution is 5.89. The molecule has 0 N–H and O–H groups in total. The second kappa shape index (κ2) is 2.82. The second-order valence-corrected chi connectivity index (χ2v) is 2.48. The van der Waals surface area contributed by atoms with Gasteiger partial charge in [0, 0.05) is 12.3 Å². The number of ketones is 1. The van der Waals surface area contributed by atoms with Gasteiger partial charge in [0.25, 0.3) is 0 Å². The summed E-state index contributed by atoms with van der Waals surface area (Å²) in [7, 11) is 1.34. The Hall–Kier alpha value is -0.860. The number of methoxy groups -OCH3 is 1. The first-order valence-electron chi connectivity index (χ1n) is 3.33. The van der Waals surface area contributed by atoms with Crippen LogP contribution in [0.4, 0.5) is 0 Å². The van der Waals surface area contributed by atoms with E-state index in [9.17, 15) is 9.59 Å². The fourth-order valence-corrected chi connectivity index (χ4v) is 0.967. The quantitative estimate of drug-likeness (QED) is 0.528. The summed E-state index contributed by atoms with van der Waals surface area (Å²) in [6.07, 6.45) is 1.77. The molecule has 56 valence electrons. The van der Waals surface area contributed by atoms with Crippen molar-refractivity contribution in [3.05, 3.63) is 0 Å². The molecule has 1 rings (SSSR count). The van der Waals surface area contributed by atoms with Crippen LogP contribution in [0.1, 0.15) is 19.3 Å². The molecule has 1 unspecified atom stereocenters. The Morgan fingerprint density at radius 2 is 2.50 bits per heavy atom. The Labute approximate surface area is 59.4 Å². The van der Waals surface area contributed by atoms with E-state index >= 15 is 0 Å². The van der Waals surface area contributed by atoms with Gasteiger partial charge in [-0.3, -0.25) is 9.59 Å². The molecule has 0 amide bonds. The van der Waals surface area contributed by atoms with Crippen LogP contribution in [0.3, 0.4) is 0 Å². The number of hydrogen-bond donors (Lipinski definition) is 0. The summed E-state index contributed by atoms with van der Waals surface area (Å²) in [4.78, 5) is 21.3. The summed E-state index contributed by atoms with van der Waals surface area (Å²) in [6.45, 7) is 0. The van der Waals surface area contributed by atoms with E-state index in [-0.39, 0.29) is 24.1 Å². The van der Waals surface area contributed by atoms with Crippen LogP contribution in [-0.4, -0.2) is 18.9 Å². The minimum Gasteiger partial charge on any atom is -0.469 e. The lowest BCUT2D eigenvalue weighted by Crippen LogP contribution is -2.28. The summed E-state index contributed by atoms with van der Waals surface area (Å²) >= 11 is 0. The Kier molecular flexibility index (Phi) is 2.04. The Morgan fingerprint density at radius 3 is 2.80 bits per heavy atom. The molecule has 0 aromatic carbocycles. The van der Waals surface area contributed by atoms with Gasteiger partial charge in [0.2, 0.25) is 0 Å². The Bertz CT molecular complexity index is 162. The highest BCUT2D eigenvalue weighted by atomic mass is 16.5. The van der Waals surface area contributed by atoms with Crippen molar-refractivity contribution >= 4 is 11.8 Å². The maximum Gasteiger partial charge on any atom is 0.306 e. The molecule has 1 aliphatic carbocycles. The largest absolute Gasteiger partial charge is 0.469 e. The molecule has 10 heavy (non-hydrogen) atoms. The SMILES string of the molecule is COC(=O)CC1CCC1=O. The van der Waals surface area contributed by atoms with Gasteiger partial charge in [-0.2, -0.15) is 0 Å². The molecule has 1 atom stereocenters. The number of esters is 1. The van der Waals surface area contributed by atoms with Crippen LogP contribution >= 0.6 is 0 Å². The average Bonchev–Trinajstić information content (AvgIpc) is 1.96. The molecule has 1 aliphatic rings. The summed E-state index contributed by atoms with van der Waals surface area (Å²) in [5, 5.41) is 0. The normalized spacial score (nSPS) is 23.7. The average molecular weight is 142 g/mol. The molecule has 3 heteroatoms. The van der Waals surface area contributed by atoms with Gasteiger partial charge in [-0.05, 0) is 6.42 Å². The van der Waals surface area contributed by atoms with Crippen LogP contribution in [-0.2, 0) is 14.3 Å². The van der Waals surface area contributed by atoms with E-state index in [1.165, 1.54) is 7.11 Å². The molecule has 0 saturated heterocycles. The van der Waals surface area contributed by atoms with E-state index in [4.69, 9.17) is 0 Å². The maximum absolute atomic E-state index is 10.7. The summed E-state index contributed by atoms with van der Waals surface area (Å²) < 4.78 is 4.41. The zero-order valence-corrected chi connectivity index (χ0v) is 5.92. The molecule has 0 aliphatic heterocycles. The van der Waals surface area contributed by atoms with Crippen molar-refractivity contribution in [3.63, 3.8) is 0 Å². The van der Waals surface area contributed by atoms with Crippen LogP contribution in [0.5, 0.6) is 0 Å².